The second-order valence-corrected chi connectivity index (χ2v) is 6.66. The summed E-state index contributed by atoms with van der Waals surface area (Å²) in [6.45, 7) is 2.11. The van der Waals surface area contributed by atoms with Gasteiger partial charge in [-0.1, -0.05) is 30.8 Å². The monoisotopic (exact) mass is 366 g/mol. The number of hydrogen-bond donors (Lipinski definition) is 1. The Balaban J connectivity index is 2.27. The van der Waals surface area contributed by atoms with Crippen LogP contribution in [0.2, 0.25) is 0 Å². The maximum atomic E-state index is 6.32. The lowest BCUT2D eigenvalue weighted by Gasteiger charge is -2.23. The van der Waals surface area contributed by atoms with E-state index in [-0.39, 0.29) is 11.3 Å². The molecule has 0 saturated carbocycles. The molecule has 2 unspecified atom stereocenters. The standard InChI is InChI=1S/C16H19BrN2OS/c1-3-14(18)15(11-6-8-12(20-2)9-7-11)21-16-13(17)5-4-10-19-16/h4-10,14-15H,3,18H2,1-2H3. The lowest BCUT2D eigenvalue weighted by Crippen LogP contribution is -2.25. The zero-order chi connectivity index (χ0) is 15.2. The molecule has 2 rings (SSSR count). The molecule has 0 spiro atoms. The van der Waals surface area contributed by atoms with Crippen LogP contribution in [0.25, 0.3) is 0 Å². The Bertz CT molecular complexity index is 577. The SMILES string of the molecule is CCC(N)C(Sc1ncccc1Br)c1ccc(OC)cc1. The van der Waals surface area contributed by atoms with Crippen molar-refractivity contribution in [2.24, 2.45) is 5.73 Å². The van der Waals surface area contributed by atoms with Crippen LogP contribution in [0.3, 0.4) is 0 Å². The quantitative estimate of drug-likeness (QED) is 0.768. The van der Waals surface area contributed by atoms with Crippen molar-refractivity contribution in [2.75, 3.05) is 7.11 Å². The summed E-state index contributed by atoms with van der Waals surface area (Å²) in [4.78, 5) is 4.43. The van der Waals surface area contributed by atoms with Crippen LogP contribution in [-0.4, -0.2) is 18.1 Å². The molecule has 1 aromatic carbocycles. The molecule has 1 aromatic heterocycles. The van der Waals surface area contributed by atoms with E-state index in [0.29, 0.717) is 0 Å². The van der Waals surface area contributed by atoms with Crippen molar-refractivity contribution in [3.8, 4) is 5.75 Å². The van der Waals surface area contributed by atoms with Gasteiger partial charge in [0.1, 0.15) is 10.8 Å². The highest BCUT2D eigenvalue weighted by Gasteiger charge is 2.21. The summed E-state index contributed by atoms with van der Waals surface area (Å²) in [6.07, 6.45) is 2.71. The first kappa shape index (κ1) is 16.3. The van der Waals surface area contributed by atoms with E-state index < -0.39 is 0 Å². The first-order valence-electron chi connectivity index (χ1n) is 6.82. The van der Waals surface area contributed by atoms with Gasteiger partial charge in [0.15, 0.2) is 0 Å². The molecule has 0 bridgehead atoms. The molecule has 21 heavy (non-hydrogen) atoms. The number of rotatable bonds is 6. The minimum Gasteiger partial charge on any atom is -0.497 e. The third kappa shape index (κ3) is 4.22. The molecule has 0 amide bonds. The number of benzene rings is 1. The highest BCUT2D eigenvalue weighted by Crippen LogP contribution is 2.40. The molecule has 0 aliphatic heterocycles. The van der Waals surface area contributed by atoms with Gasteiger partial charge < -0.3 is 10.5 Å². The van der Waals surface area contributed by atoms with Gasteiger partial charge in [0.25, 0.3) is 0 Å². The summed E-state index contributed by atoms with van der Waals surface area (Å²) in [5, 5.41) is 1.12. The van der Waals surface area contributed by atoms with Crippen LogP contribution in [0.4, 0.5) is 0 Å². The number of aromatic nitrogens is 1. The second-order valence-electron chi connectivity index (χ2n) is 4.67. The molecule has 2 aromatic rings. The Morgan fingerprint density at radius 2 is 2.00 bits per heavy atom. The molecule has 0 aliphatic carbocycles. The van der Waals surface area contributed by atoms with Gasteiger partial charge in [-0.15, -0.1) is 0 Å². The number of nitrogens with two attached hydrogens (primary N) is 1. The first-order valence-corrected chi connectivity index (χ1v) is 8.49. The van der Waals surface area contributed by atoms with E-state index in [0.717, 1.165) is 21.7 Å². The van der Waals surface area contributed by atoms with E-state index in [2.05, 4.69) is 40.0 Å². The van der Waals surface area contributed by atoms with E-state index in [1.165, 1.54) is 5.56 Å². The fourth-order valence-electron chi connectivity index (χ4n) is 1.99. The van der Waals surface area contributed by atoms with Crippen molar-refractivity contribution in [2.45, 2.75) is 29.7 Å². The van der Waals surface area contributed by atoms with E-state index in [1.807, 2.05) is 24.3 Å². The van der Waals surface area contributed by atoms with Crippen LogP contribution in [0.1, 0.15) is 24.2 Å². The Labute approximate surface area is 138 Å². The van der Waals surface area contributed by atoms with E-state index in [1.54, 1.807) is 25.1 Å². The van der Waals surface area contributed by atoms with Crippen LogP contribution in [0.5, 0.6) is 5.75 Å². The van der Waals surface area contributed by atoms with Crippen molar-refractivity contribution in [3.63, 3.8) is 0 Å². The largest absolute Gasteiger partial charge is 0.497 e. The van der Waals surface area contributed by atoms with E-state index in [9.17, 15) is 0 Å². The molecule has 0 aliphatic rings. The van der Waals surface area contributed by atoms with E-state index in [4.69, 9.17) is 10.5 Å². The van der Waals surface area contributed by atoms with Crippen LogP contribution in [-0.2, 0) is 0 Å². The number of halogens is 1. The third-order valence-electron chi connectivity index (χ3n) is 3.27. The van der Waals surface area contributed by atoms with Gasteiger partial charge in [-0.25, -0.2) is 4.98 Å². The maximum absolute atomic E-state index is 6.32. The lowest BCUT2D eigenvalue weighted by atomic mass is 10.0. The van der Waals surface area contributed by atoms with Gasteiger partial charge in [-0.3, -0.25) is 0 Å². The molecule has 3 nitrogen and oxygen atoms in total. The van der Waals surface area contributed by atoms with E-state index >= 15 is 0 Å². The third-order valence-corrected chi connectivity index (χ3v) is 5.59. The molecular formula is C16H19BrN2OS. The number of pyridine rings is 1. The molecule has 0 fully saturated rings. The summed E-state index contributed by atoms with van der Waals surface area (Å²) < 4.78 is 6.21. The summed E-state index contributed by atoms with van der Waals surface area (Å²) in [5.74, 6) is 0.853. The molecule has 112 valence electrons. The average Bonchev–Trinajstić information content (AvgIpc) is 2.53. The van der Waals surface area contributed by atoms with Crippen molar-refractivity contribution in [1.82, 2.24) is 4.98 Å². The van der Waals surface area contributed by atoms with Crippen LogP contribution in [0, 0.1) is 0 Å². The number of nitrogens with zero attached hydrogens (tertiary/aromatic N) is 1. The van der Waals surface area contributed by atoms with Gasteiger partial charge in [0, 0.05) is 16.7 Å². The normalized spacial score (nSPS) is 13.7. The number of ether oxygens (including phenoxy) is 1. The highest BCUT2D eigenvalue weighted by atomic mass is 79.9. The zero-order valence-corrected chi connectivity index (χ0v) is 14.5. The molecule has 2 atom stereocenters. The minimum absolute atomic E-state index is 0.0669. The van der Waals surface area contributed by atoms with Crippen molar-refractivity contribution < 1.29 is 4.74 Å². The summed E-state index contributed by atoms with van der Waals surface area (Å²) in [7, 11) is 1.67. The Kier molecular flexibility index (Phi) is 6.08. The minimum atomic E-state index is 0.0669. The first-order chi connectivity index (χ1) is 10.2. The number of thioether (sulfide) groups is 1. The van der Waals surface area contributed by atoms with Crippen molar-refractivity contribution in [1.29, 1.82) is 0 Å². The van der Waals surface area contributed by atoms with Gasteiger partial charge in [0.2, 0.25) is 0 Å². The van der Waals surface area contributed by atoms with Crippen LogP contribution < -0.4 is 10.5 Å². The zero-order valence-electron chi connectivity index (χ0n) is 12.1. The topological polar surface area (TPSA) is 48.1 Å². The smallest absolute Gasteiger partial charge is 0.118 e. The number of methoxy groups -OCH3 is 1. The molecule has 0 saturated heterocycles. The summed E-state index contributed by atoms with van der Waals surface area (Å²) >= 11 is 5.24. The van der Waals surface area contributed by atoms with Crippen molar-refractivity contribution >= 4 is 27.7 Å². The van der Waals surface area contributed by atoms with Gasteiger partial charge >= 0.3 is 0 Å². The molecule has 0 radical (unpaired) electrons. The van der Waals surface area contributed by atoms with Gasteiger partial charge in [-0.2, -0.15) is 0 Å². The lowest BCUT2D eigenvalue weighted by molar-refractivity contribution is 0.414. The fourth-order valence-corrected chi connectivity index (χ4v) is 3.73. The molecular weight excluding hydrogens is 348 g/mol. The van der Waals surface area contributed by atoms with Crippen molar-refractivity contribution in [3.05, 3.63) is 52.6 Å². The highest BCUT2D eigenvalue weighted by molar-refractivity contribution is 9.10. The van der Waals surface area contributed by atoms with Crippen LogP contribution in [0.15, 0.2) is 52.1 Å². The Morgan fingerprint density at radius 1 is 1.29 bits per heavy atom. The maximum Gasteiger partial charge on any atom is 0.118 e. The Morgan fingerprint density at radius 3 is 2.57 bits per heavy atom. The summed E-state index contributed by atoms with van der Waals surface area (Å²) in [5.41, 5.74) is 7.51. The summed E-state index contributed by atoms with van der Waals surface area (Å²) in [6, 6.07) is 12.1. The van der Waals surface area contributed by atoms with Gasteiger partial charge in [0.05, 0.1) is 12.4 Å². The predicted octanol–water partition coefficient (Wildman–Crippen LogP) is 4.42. The Hall–Kier alpha value is -1.04. The molecule has 1 heterocycles. The fraction of sp³-hybridized carbons (Fsp3) is 0.312. The predicted molar refractivity (Wildman–Crippen MR) is 91.8 cm³/mol. The van der Waals surface area contributed by atoms with Crippen LogP contribution >= 0.6 is 27.7 Å². The molecule has 2 N–H and O–H groups in total. The second kappa shape index (κ2) is 7.82. The number of hydrogen-bond acceptors (Lipinski definition) is 4. The molecule has 5 heteroatoms. The average molecular weight is 367 g/mol. The van der Waals surface area contributed by atoms with Gasteiger partial charge in [-0.05, 0) is 52.2 Å².